The highest BCUT2D eigenvalue weighted by Crippen LogP contribution is 2.23. The molecule has 0 aromatic carbocycles. The van der Waals surface area contributed by atoms with Gasteiger partial charge in [0.1, 0.15) is 17.5 Å². The topological polar surface area (TPSA) is 79.4 Å². The van der Waals surface area contributed by atoms with Crippen LogP contribution in [0.5, 0.6) is 5.75 Å². The minimum atomic E-state index is -0.897. The van der Waals surface area contributed by atoms with E-state index in [0.717, 1.165) is 0 Å². The van der Waals surface area contributed by atoms with Gasteiger partial charge in [-0.1, -0.05) is 6.92 Å². The highest BCUT2D eigenvalue weighted by molar-refractivity contribution is 5.27. The molecule has 1 aromatic heterocycles. The summed E-state index contributed by atoms with van der Waals surface area (Å²) in [6, 6.07) is 2.69. The highest BCUT2D eigenvalue weighted by Gasteiger charge is 2.19. The quantitative estimate of drug-likeness (QED) is 0.638. The molecule has 0 spiro atoms. The van der Waals surface area contributed by atoms with E-state index in [-0.39, 0.29) is 17.5 Å². The van der Waals surface area contributed by atoms with Crippen LogP contribution in [-0.4, -0.2) is 21.2 Å². The number of hydrogen-bond donors (Lipinski definition) is 3. The summed E-state index contributed by atoms with van der Waals surface area (Å²) in [6.45, 7) is 1.87. The number of nitrogens with zero attached hydrogens (tertiary/aromatic N) is 1. The normalized spacial score (nSPS) is 15.3. The van der Waals surface area contributed by atoms with Gasteiger partial charge in [0, 0.05) is 12.2 Å². The first-order chi connectivity index (χ1) is 6.16. The maximum absolute atomic E-state index is 9.62. The molecule has 0 fully saturated rings. The van der Waals surface area contributed by atoms with Gasteiger partial charge in [0.05, 0.1) is 0 Å². The molecule has 13 heavy (non-hydrogen) atoms. The van der Waals surface area contributed by atoms with E-state index < -0.39 is 6.10 Å². The van der Waals surface area contributed by atoms with Crippen molar-refractivity contribution < 1.29 is 10.2 Å². The van der Waals surface area contributed by atoms with E-state index in [4.69, 9.17) is 5.73 Å². The average molecular weight is 182 g/mol. The molecule has 0 aliphatic heterocycles. The molecule has 1 aromatic rings. The summed E-state index contributed by atoms with van der Waals surface area (Å²) < 4.78 is 0. The van der Waals surface area contributed by atoms with Gasteiger partial charge in [-0.05, 0) is 18.6 Å². The van der Waals surface area contributed by atoms with Crippen molar-refractivity contribution >= 4 is 0 Å². The van der Waals surface area contributed by atoms with Gasteiger partial charge in [-0.3, -0.25) is 4.98 Å². The van der Waals surface area contributed by atoms with Gasteiger partial charge in [0.2, 0.25) is 0 Å². The van der Waals surface area contributed by atoms with E-state index >= 15 is 0 Å². The van der Waals surface area contributed by atoms with Crippen LogP contribution in [0, 0.1) is 0 Å². The van der Waals surface area contributed by atoms with Gasteiger partial charge < -0.3 is 15.9 Å². The Hall–Kier alpha value is -1.13. The zero-order chi connectivity index (χ0) is 9.84. The average Bonchev–Trinajstić information content (AvgIpc) is 2.16. The second-order valence-corrected chi connectivity index (χ2v) is 2.92. The lowest BCUT2D eigenvalue weighted by Gasteiger charge is -2.16. The minimum Gasteiger partial charge on any atom is -0.506 e. The van der Waals surface area contributed by atoms with Gasteiger partial charge in [-0.25, -0.2) is 0 Å². The van der Waals surface area contributed by atoms with Crippen molar-refractivity contribution in [3.05, 3.63) is 24.0 Å². The van der Waals surface area contributed by atoms with Crippen molar-refractivity contribution in [3.8, 4) is 5.75 Å². The molecule has 0 aliphatic rings. The maximum Gasteiger partial charge on any atom is 0.139 e. The van der Waals surface area contributed by atoms with Crippen LogP contribution < -0.4 is 5.73 Å². The summed E-state index contributed by atoms with van der Waals surface area (Å²) in [7, 11) is 0. The standard InChI is InChI=1S/C9H14N2O2/c1-2-6(10)9(13)8-7(12)4-3-5-11-8/h3-6,9,12-13H,2,10H2,1H3/t6-,9+/m1/s1. The van der Waals surface area contributed by atoms with Crippen molar-refractivity contribution in [2.45, 2.75) is 25.5 Å². The molecule has 4 nitrogen and oxygen atoms in total. The Morgan fingerprint density at radius 3 is 2.85 bits per heavy atom. The molecule has 2 atom stereocenters. The molecular formula is C9H14N2O2. The van der Waals surface area contributed by atoms with Crippen molar-refractivity contribution in [3.63, 3.8) is 0 Å². The zero-order valence-electron chi connectivity index (χ0n) is 7.51. The Labute approximate surface area is 77.0 Å². The third-order valence-electron chi connectivity index (χ3n) is 1.97. The summed E-state index contributed by atoms with van der Waals surface area (Å²) in [6.07, 6.45) is 1.25. The SMILES string of the molecule is CC[C@@H](N)[C@H](O)c1ncccc1O. The Balaban J connectivity index is 2.88. The predicted octanol–water partition coefficient (Wildman–Crippen LogP) is 0.558. The van der Waals surface area contributed by atoms with Crippen LogP contribution in [0.1, 0.15) is 25.1 Å². The van der Waals surface area contributed by atoms with Crippen molar-refractivity contribution in [2.75, 3.05) is 0 Å². The van der Waals surface area contributed by atoms with Crippen molar-refractivity contribution in [2.24, 2.45) is 5.73 Å². The number of rotatable bonds is 3. The predicted molar refractivity (Wildman–Crippen MR) is 49.1 cm³/mol. The van der Waals surface area contributed by atoms with E-state index in [0.29, 0.717) is 6.42 Å². The van der Waals surface area contributed by atoms with Gasteiger partial charge in [0.25, 0.3) is 0 Å². The third-order valence-corrected chi connectivity index (χ3v) is 1.97. The minimum absolute atomic E-state index is 0.0149. The summed E-state index contributed by atoms with van der Waals surface area (Å²) in [5.74, 6) is -0.0149. The first kappa shape index (κ1) is 9.95. The van der Waals surface area contributed by atoms with Gasteiger partial charge >= 0.3 is 0 Å². The molecule has 1 heterocycles. The van der Waals surface area contributed by atoms with Crippen LogP contribution in [0.2, 0.25) is 0 Å². The molecule has 0 unspecified atom stereocenters. The number of aliphatic hydroxyl groups excluding tert-OH is 1. The summed E-state index contributed by atoms with van der Waals surface area (Å²) >= 11 is 0. The fraction of sp³-hybridized carbons (Fsp3) is 0.444. The highest BCUT2D eigenvalue weighted by atomic mass is 16.3. The zero-order valence-corrected chi connectivity index (χ0v) is 7.51. The summed E-state index contributed by atoms with van der Waals surface area (Å²) in [5.41, 5.74) is 5.86. The number of nitrogens with two attached hydrogens (primary N) is 1. The van der Waals surface area contributed by atoms with Gasteiger partial charge in [-0.2, -0.15) is 0 Å². The number of hydrogen-bond acceptors (Lipinski definition) is 4. The second kappa shape index (κ2) is 4.20. The molecule has 0 aliphatic carbocycles. The van der Waals surface area contributed by atoms with Gasteiger partial charge in [0.15, 0.2) is 0 Å². The lowest BCUT2D eigenvalue weighted by atomic mass is 10.1. The summed E-state index contributed by atoms with van der Waals surface area (Å²) in [5, 5.41) is 19.0. The molecule has 0 saturated heterocycles. The molecule has 1 rings (SSSR count). The molecule has 0 radical (unpaired) electrons. The smallest absolute Gasteiger partial charge is 0.139 e. The number of pyridine rings is 1. The van der Waals surface area contributed by atoms with E-state index in [2.05, 4.69) is 4.98 Å². The van der Waals surface area contributed by atoms with Crippen molar-refractivity contribution in [1.29, 1.82) is 0 Å². The maximum atomic E-state index is 9.62. The molecule has 0 amide bonds. The lowest BCUT2D eigenvalue weighted by molar-refractivity contribution is 0.136. The van der Waals surface area contributed by atoms with Gasteiger partial charge in [-0.15, -0.1) is 0 Å². The van der Waals surface area contributed by atoms with Crippen LogP contribution in [0.25, 0.3) is 0 Å². The van der Waals surface area contributed by atoms with E-state index in [9.17, 15) is 10.2 Å². The molecule has 0 saturated carbocycles. The van der Waals surface area contributed by atoms with Crippen LogP contribution in [0.4, 0.5) is 0 Å². The van der Waals surface area contributed by atoms with Crippen LogP contribution in [0.3, 0.4) is 0 Å². The number of aromatic hydroxyl groups is 1. The van der Waals surface area contributed by atoms with Crippen molar-refractivity contribution in [1.82, 2.24) is 4.98 Å². The second-order valence-electron chi connectivity index (χ2n) is 2.92. The molecule has 72 valence electrons. The Bertz CT molecular complexity index is 278. The summed E-state index contributed by atoms with van der Waals surface area (Å²) in [4.78, 5) is 3.87. The fourth-order valence-electron chi connectivity index (χ4n) is 1.06. The Morgan fingerprint density at radius 2 is 2.31 bits per heavy atom. The van der Waals surface area contributed by atoms with Crippen LogP contribution >= 0.6 is 0 Å². The molecule has 4 heteroatoms. The van der Waals surface area contributed by atoms with Crippen LogP contribution in [-0.2, 0) is 0 Å². The number of aliphatic hydroxyl groups is 1. The largest absolute Gasteiger partial charge is 0.506 e. The fourth-order valence-corrected chi connectivity index (χ4v) is 1.06. The first-order valence-electron chi connectivity index (χ1n) is 4.24. The first-order valence-corrected chi connectivity index (χ1v) is 4.24. The lowest BCUT2D eigenvalue weighted by Crippen LogP contribution is -2.27. The Morgan fingerprint density at radius 1 is 1.62 bits per heavy atom. The molecule has 0 bridgehead atoms. The monoisotopic (exact) mass is 182 g/mol. The van der Waals surface area contributed by atoms with E-state index in [1.165, 1.54) is 12.3 Å². The van der Waals surface area contributed by atoms with E-state index in [1.807, 2.05) is 6.92 Å². The molecule has 4 N–H and O–H groups in total. The third kappa shape index (κ3) is 2.17. The van der Waals surface area contributed by atoms with E-state index in [1.54, 1.807) is 6.07 Å². The van der Waals surface area contributed by atoms with Crippen LogP contribution in [0.15, 0.2) is 18.3 Å². The molecular weight excluding hydrogens is 168 g/mol. The Kier molecular flexibility index (Phi) is 3.22. The number of aromatic nitrogens is 1.